The minimum Gasteiger partial charge on any atom is -0.439 e. The Balaban J connectivity index is 2.35. The molecule has 2 aromatic rings. The van der Waals surface area contributed by atoms with Crippen LogP contribution in [0.2, 0.25) is 0 Å². The normalized spacial score (nSPS) is 10.7. The molecule has 0 amide bonds. The van der Waals surface area contributed by atoms with Gasteiger partial charge in [-0.15, -0.1) is 0 Å². The summed E-state index contributed by atoms with van der Waals surface area (Å²) in [6.07, 6.45) is 2.40. The number of nitrogens with zero attached hydrogens (tertiary/aromatic N) is 2. The highest BCUT2D eigenvalue weighted by Gasteiger charge is 2.14. The number of hydrogen-bond acceptors (Lipinski definition) is 4. The number of anilines is 1. The smallest absolute Gasteiger partial charge is 0.227 e. The Bertz CT molecular complexity index is 567. The predicted molar refractivity (Wildman–Crippen MR) is 76.4 cm³/mol. The van der Waals surface area contributed by atoms with Crippen LogP contribution in [-0.4, -0.2) is 9.97 Å². The lowest BCUT2D eigenvalue weighted by Crippen LogP contribution is -2.04. The van der Waals surface area contributed by atoms with Crippen molar-refractivity contribution in [3.8, 4) is 11.6 Å². The molecule has 2 N–H and O–H groups in total. The summed E-state index contributed by atoms with van der Waals surface area (Å²) in [5, 5.41) is 0. The molecule has 1 aromatic heterocycles. The van der Waals surface area contributed by atoms with E-state index in [-0.39, 0.29) is 5.92 Å². The van der Waals surface area contributed by atoms with Gasteiger partial charge in [-0.05, 0) is 30.0 Å². The van der Waals surface area contributed by atoms with Gasteiger partial charge < -0.3 is 10.5 Å². The van der Waals surface area contributed by atoms with E-state index in [4.69, 9.17) is 10.5 Å². The van der Waals surface area contributed by atoms with Gasteiger partial charge in [-0.3, -0.25) is 0 Å². The third-order valence-corrected chi connectivity index (χ3v) is 2.98. The van der Waals surface area contributed by atoms with Crippen molar-refractivity contribution in [3.05, 3.63) is 41.7 Å². The third-order valence-electron chi connectivity index (χ3n) is 2.98. The fourth-order valence-electron chi connectivity index (χ4n) is 1.96. The van der Waals surface area contributed by atoms with Crippen LogP contribution >= 0.6 is 0 Å². The van der Waals surface area contributed by atoms with Gasteiger partial charge in [0.25, 0.3) is 0 Å². The molecule has 0 atom stereocenters. The molecule has 0 aliphatic rings. The second-order valence-corrected chi connectivity index (χ2v) is 4.74. The molecule has 19 heavy (non-hydrogen) atoms. The molecular formula is C15H19N3O. The van der Waals surface area contributed by atoms with E-state index in [9.17, 15) is 0 Å². The summed E-state index contributed by atoms with van der Waals surface area (Å²) in [7, 11) is 0. The molecule has 2 rings (SSSR count). The molecule has 1 heterocycles. The lowest BCUT2D eigenvalue weighted by molar-refractivity contribution is 0.451. The molecule has 0 bridgehead atoms. The second-order valence-electron chi connectivity index (χ2n) is 4.74. The lowest BCUT2D eigenvalue weighted by Gasteiger charge is -2.14. The topological polar surface area (TPSA) is 61.0 Å². The number of hydrogen-bond donors (Lipinski definition) is 1. The van der Waals surface area contributed by atoms with Crippen LogP contribution in [-0.2, 0) is 6.42 Å². The summed E-state index contributed by atoms with van der Waals surface area (Å²) in [5.74, 6) is 2.01. The standard InChI is InChI=1S/C15H19N3O/c1-4-11-6-5-7-12(8-11)19-15-13(10(2)3)14(16)17-9-18-15/h5-10H,4H2,1-3H3,(H2,16,17,18). The van der Waals surface area contributed by atoms with Crippen LogP contribution in [0.25, 0.3) is 0 Å². The van der Waals surface area contributed by atoms with Crippen LogP contribution in [0.3, 0.4) is 0 Å². The van der Waals surface area contributed by atoms with E-state index in [0.717, 1.165) is 17.7 Å². The minimum absolute atomic E-state index is 0.213. The Labute approximate surface area is 113 Å². The zero-order valence-corrected chi connectivity index (χ0v) is 11.6. The van der Waals surface area contributed by atoms with Crippen LogP contribution in [0.5, 0.6) is 11.6 Å². The molecular weight excluding hydrogens is 238 g/mol. The number of nitrogen functional groups attached to an aromatic ring is 1. The minimum atomic E-state index is 0.213. The maximum atomic E-state index is 5.90. The number of nitrogens with two attached hydrogens (primary N) is 1. The second kappa shape index (κ2) is 5.69. The number of rotatable bonds is 4. The van der Waals surface area contributed by atoms with E-state index in [1.54, 1.807) is 0 Å². The molecule has 100 valence electrons. The first-order chi connectivity index (χ1) is 9.11. The van der Waals surface area contributed by atoms with Crippen LogP contribution in [0, 0.1) is 0 Å². The Hall–Kier alpha value is -2.10. The van der Waals surface area contributed by atoms with Crippen molar-refractivity contribution in [1.82, 2.24) is 9.97 Å². The number of aryl methyl sites for hydroxylation is 1. The van der Waals surface area contributed by atoms with E-state index in [2.05, 4.69) is 23.0 Å². The SMILES string of the molecule is CCc1cccc(Oc2ncnc(N)c2C(C)C)c1. The zero-order valence-electron chi connectivity index (χ0n) is 11.6. The van der Waals surface area contributed by atoms with Crippen molar-refractivity contribution in [3.63, 3.8) is 0 Å². The highest BCUT2D eigenvalue weighted by atomic mass is 16.5. The molecule has 4 nitrogen and oxygen atoms in total. The molecule has 0 spiro atoms. The fourth-order valence-corrected chi connectivity index (χ4v) is 1.96. The Morgan fingerprint density at radius 3 is 2.74 bits per heavy atom. The van der Waals surface area contributed by atoms with Crippen molar-refractivity contribution in [2.24, 2.45) is 0 Å². The summed E-state index contributed by atoms with van der Waals surface area (Å²) >= 11 is 0. The van der Waals surface area contributed by atoms with Crippen LogP contribution in [0.1, 0.15) is 37.8 Å². The highest BCUT2D eigenvalue weighted by molar-refractivity contribution is 5.48. The molecule has 0 unspecified atom stereocenters. The van der Waals surface area contributed by atoms with Gasteiger partial charge in [-0.2, -0.15) is 0 Å². The monoisotopic (exact) mass is 257 g/mol. The zero-order chi connectivity index (χ0) is 13.8. The maximum absolute atomic E-state index is 5.90. The lowest BCUT2D eigenvalue weighted by atomic mass is 10.1. The fraction of sp³-hybridized carbons (Fsp3) is 0.333. The summed E-state index contributed by atoms with van der Waals surface area (Å²) in [4.78, 5) is 8.22. The molecule has 4 heteroatoms. The molecule has 0 saturated carbocycles. The molecule has 1 aromatic carbocycles. The van der Waals surface area contributed by atoms with Crippen molar-refractivity contribution in [1.29, 1.82) is 0 Å². The summed E-state index contributed by atoms with van der Waals surface area (Å²) in [6.45, 7) is 6.20. The van der Waals surface area contributed by atoms with E-state index < -0.39 is 0 Å². The van der Waals surface area contributed by atoms with Gasteiger partial charge in [0.05, 0.1) is 5.56 Å². The average molecular weight is 257 g/mol. The summed E-state index contributed by atoms with van der Waals surface area (Å²) in [6, 6.07) is 7.99. The van der Waals surface area contributed by atoms with E-state index in [1.165, 1.54) is 11.9 Å². The van der Waals surface area contributed by atoms with Gasteiger partial charge >= 0.3 is 0 Å². The molecule has 0 aliphatic carbocycles. The van der Waals surface area contributed by atoms with Crippen molar-refractivity contribution in [2.45, 2.75) is 33.1 Å². The molecule has 0 aliphatic heterocycles. The Kier molecular flexibility index (Phi) is 4.00. The van der Waals surface area contributed by atoms with Gasteiger partial charge in [0.1, 0.15) is 17.9 Å². The Morgan fingerprint density at radius 2 is 2.05 bits per heavy atom. The first-order valence-corrected chi connectivity index (χ1v) is 6.49. The summed E-state index contributed by atoms with van der Waals surface area (Å²) < 4.78 is 5.86. The number of aromatic nitrogens is 2. The van der Waals surface area contributed by atoms with Gasteiger partial charge in [-0.1, -0.05) is 32.9 Å². The van der Waals surface area contributed by atoms with Crippen molar-refractivity contribution >= 4 is 5.82 Å². The summed E-state index contributed by atoms with van der Waals surface area (Å²) in [5.41, 5.74) is 7.98. The number of ether oxygens (including phenoxy) is 1. The first kappa shape index (κ1) is 13.3. The number of benzene rings is 1. The highest BCUT2D eigenvalue weighted by Crippen LogP contribution is 2.31. The molecule has 0 fully saturated rings. The van der Waals surface area contributed by atoms with Gasteiger partial charge in [0.15, 0.2) is 0 Å². The maximum Gasteiger partial charge on any atom is 0.227 e. The van der Waals surface area contributed by atoms with E-state index in [1.807, 2.05) is 32.0 Å². The quantitative estimate of drug-likeness (QED) is 0.910. The van der Waals surface area contributed by atoms with Gasteiger partial charge in [0.2, 0.25) is 5.88 Å². The van der Waals surface area contributed by atoms with Crippen LogP contribution in [0.15, 0.2) is 30.6 Å². The van der Waals surface area contributed by atoms with Crippen molar-refractivity contribution in [2.75, 3.05) is 5.73 Å². The Morgan fingerprint density at radius 1 is 1.26 bits per heavy atom. The van der Waals surface area contributed by atoms with E-state index >= 15 is 0 Å². The average Bonchev–Trinajstić information content (AvgIpc) is 2.38. The molecule has 0 saturated heterocycles. The van der Waals surface area contributed by atoms with Gasteiger partial charge in [0, 0.05) is 0 Å². The van der Waals surface area contributed by atoms with Crippen LogP contribution < -0.4 is 10.5 Å². The largest absolute Gasteiger partial charge is 0.439 e. The first-order valence-electron chi connectivity index (χ1n) is 6.49. The predicted octanol–water partition coefficient (Wildman–Crippen LogP) is 3.54. The van der Waals surface area contributed by atoms with E-state index in [0.29, 0.717) is 11.7 Å². The van der Waals surface area contributed by atoms with Crippen molar-refractivity contribution < 1.29 is 4.74 Å². The molecule has 0 radical (unpaired) electrons. The van der Waals surface area contributed by atoms with Gasteiger partial charge in [-0.25, -0.2) is 9.97 Å². The van der Waals surface area contributed by atoms with Crippen LogP contribution in [0.4, 0.5) is 5.82 Å². The third kappa shape index (κ3) is 3.02.